The summed E-state index contributed by atoms with van der Waals surface area (Å²) in [5, 5.41) is 2.97. The minimum Gasteiger partial charge on any atom is -0.322 e. The molecule has 3 rings (SSSR count). The lowest BCUT2D eigenvalue weighted by molar-refractivity contribution is 0.102. The van der Waals surface area contributed by atoms with E-state index in [0.29, 0.717) is 5.56 Å². The van der Waals surface area contributed by atoms with Gasteiger partial charge in [0.1, 0.15) is 0 Å². The standard InChI is InChI=1S/C18H16N2OS/c1-12-6-3-4-8-15(12)20-18(21)14-7-5-11-19-17(14)16-10-9-13(2)22-16/h3-11H,1-2H3,(H,20,21). The molecule has 3 nitrogen and oxygen atoms in total. The number of hydrogen-bond acceptors (Lipinski definition) is 3. The Balaban J connectivity index is 1.95. The van der Waals surface area contributed by atoms with Gasteiger partial charge in [0.25, 0.3) is 5.91 Å². The first-order valence-electron chi connectivity index (χ1n) is 7.04. The fourth-order valence-corrected chi connectivity index (χ4v) is 3.13. The fourth-order valence-electron chi connectivity index (χ4n) is 2.25. The normalized spacial score (nSPS) is 10.5. The fraction of sp³-hybridized carbons (Fsp3) is 0.111. The lowest BCUT2D eigenvalue weighted by Crippen LogP contribution is -2.14. The third kappa shape index (κ3) is 2.92. The first-order chi connectivity index (χ1) is 10.6. The van der Waals surface area contributed by atoms with Crippen molar-refractivity contribution in [3.63, 3.8) is 0 Å². The molecule has 1 aromatic carbocycles. The first-order valence-corrected chi connectivity index (χ1v) is 7.85. The Labute approximate surface area is 133 Å². The van der Waals surface area contributed by atoms with Crippen molar-refractivity contribution in [2.45, 2.75) is 13.8 Å². The van der Waals surface area contributed by atoms with E-state index in [0.717, 1.165) is 21.8 Å². The monoisotopic (exact) mass is 308 g/mol. The maximum atomic E-state index is 12.6. The highest BCUT2D eigenvalue weighted by atomic mass is 32.1. The molecule has 0 spiro atoms. The van der Waals surface area contributed by atoms with Crippen molar-refractivity contribution < 1.29 is 4.79 Å². The van der Waals surface area contributed by atoms with Crippen LogP contribution in [0.3, 0.4) is 0 Å². The Hall–Kier alpha value is -2.46. The second kappa shape index (κ2) is 6.12. The van der Waals surface area contributed by atoms with Crippen molar-refractivity contribution in [1.29, 1.82) is 0 Å². The molecule has 0 saturated heterocycles. The number of nitrogens with one attached hydrogen (secondary N) is 1. The molecular weight excluding hydrogens is 292 g/mol. The summed E-state index contributed by atoms with van der Waals surface area (Å²) in [5.41, 5.74) is 3.18. The molecule has 110 valence electrons. The maximum Gasteiger partial charge on any atom is 0.257 e. The molecule has 22 heavy (non-hydrogen) atoms. The number of amides is 1. The van der Waals surface area contributed by atoms with Gasteiger partial charge in [-0.1, -0.05) is 18.2 Å². The van der Waals surface area contributed by atoms with Gasteiger partial charge in [0, 0.05) is 16.8 Å². The summed E-state index contributed by atoms with van der Waals surface area (Å²) in [6.45, 7) is 4.02. The van der Waals surface area contributed by atoms with Crippen LogP contribution in [0.5, 0.6) is 0 Å². The van der Waals surface area contributed by atoms with Crippen molar-refractivity contribution >= 4 is 22.9 Å². The summed E-state index contributed by atoms with van der Waals surface area (Å²) in [6.07, 6.45) is 1.72. The lowest BCUT2D eigenvalue weighted by atomic mass is 10.1. The van der Waals surface area contributed by atoms with Crippen molar-refractivity contribution in [2.75, 3.05) is 5.32 Å². The van der Waals surface area contributed by atoms with Crippen LogP contribution < -0.4 is 5.32 Å². The second-order valence-electron chi connectivity index (χ2n) is 5.08. The minimum absolute atomic E-state index is 0.136. The van der Waals surface area contributed by atoms with Crippen molar-refractivity contribution in [3.05, 3.63) is 70.7 Å². The molecule has 0 aliphatic carbocycles. The minimum atomic E-state index is -0.136. The van der Waals surface area contributed by atoms with E-state index in [1.54, 1.807) is 23.6 Å². The predicted molar refractivity (Wildman–Crippen MR) is 91.4 cm³/mol. The average molecular weight is 308 g/mol. The summed E-state index contributed by atoms with van der Waals surface area (Å²) in [6, 6.07) is 15.4. The molecule has 1 amide bonds. The number of para-hydroxylation sites is 1. The zero-order chi connectivity index (χ0) is 15.5. The molecule has 1 N–H and O–H groups in total. The van der Waals surface area contributed by atoms with Crippen LogP contribution in [0.15, 0.2) is 54.7 Å². The van der Waals surface area contributed by atoms with Gasteiger partial charge >= 0.3 is 0 Å². The third-order valence-corrected chi connectivity index (χ3v) is 4.43. The van der Waals surface area contributed by atoms with E-state index in [1.165, 1.54) is 4.88 Å². The number of thiophene rings is 1. The van der Waals surface area contributed by atoms with E-state index >= 15 is 0 Å². The number of aromatic nitrogens is 1. The van der Waals surface area contributed by atoms with Crippen LogP contribution in [0, 0.1) is 13.8 Å². The van der Waals surface area contributed by atoms with E-state index in [-0.39, 0.29) is 5.91 Å². The molecule has 0 unspecified atom stereocenters. The van der Waals surface area contributed by atoms with Crippen molar-refractivity contribution in [3.8, 4) is 10.6 Å². The summed E-state index contributed by atoms with van der Waals surface area (Å²) < 4.78 is 0. The maximum absolute atomic E-state index is 12.6. The Kier molecular flexibility index (Phi) is 4.02. The molecule has 3 aromatic rings. The topological polar surface area (TPSA) is 42.0 Å². The smallest absolute Gasteiger partial charge is 0.257 e. The van der Waals surface area contributed by atoms with E-state index < -0.39 is 0 Å². The van der Waals surface area contributed by atoms with Gasteiger partial charge in [0.15, 0.2) is 0 Å². The van der Waals surface area contributed by atoms with Crippen LogP contribution in [-0.4, -0.2) is 10.9 Å². The van der Waals surface area contributed by atoms with Gasteiger partial charge in [-0.25, -0.2) is 0 Å². The number of rotatable bonds is 3. The van der Waals surface area contributed by atoms with Crippen molar-refractivity contribution in [2.24, 2.45) is 0 Å². The van der Waals surface area contributed by atoms with E-state index in [1.807, 2.05) is 56.3 Å². The number of anilines is 1. The van der Waals surface area contributed by atoms with Crippen LogP contribution in [0.25, 0.3) is 10.6 Å². The van der Waals surface area contributed by atoms with Crippen LogP contribution in [0.1, 0.15) is 20.8 Å². The first kappa shape index (κ1) is 14.5. The Morgan fingerprint density at radius 2 is 1.86 bits per heavy atom. The molecule has 0 bridgehead atoms. The van der Waals surface area contributed by atoms with Crippen molar-refractivity contribution in [1.82, 2.24) is 4.98 Å². The molecule has 4 heteroatoms. The summed E-state index contributed by atoms with van der Waals surface area (Å²) in [4.78, 5) is 19.2. The zero-order valence-corrected chi connectivity index (χ0v) is 13.3. The van der Waals surface area contributed by atoms with Crippen LogP contribution in [-0.2, 0) is 0 Å². The van der Waals surface area contributed by atoms with Gasteiger partial charge in [0.2, 0.25) is 0 Å². The molecule has 2 heterocycles. The number of benzene rings is 1. The van der Waals surface area contributed by atoms with Crippen LogP contribution in [0.4, 0.5) is 5.69 Å². The average Bonchev–Trinajstić information content (AvgIpc) is 2.96. The zero-order valence-electron chi connectivity index (χ0n) is 12.5. The lowest BCUT2D eigenvalue weighted by Gasteiger charge is -2.10. The molecular formula is C18H16N2OS. The Bertz CT molecular complexity index is 823. The van der Waals surface area contributed by atoms with Crippen LogP contribution in [0.2, 0.25) is 0 Å². The highest BCUT2D eigenvalue weighted by Crippen LogP contribution is 2.29. The summed E-state index contributed by atoms with van der Waals surface area (Å²) in [7, 11) is 0. The Morgan fingerprint density at radius 3 is 2.59 bits per heavy atom. The number of pyridine rings is 1. The Morgan fingerprint density at radius 1 is 1.05 bits per heavy atom. The molecule has 0 fully saturated rings. The summed E-state index contributed by atoms with van der Waals surface area (Å²) >= 11 is 1.64. The van der Waals surface area contributed by atoms with E-state index in [4.69, 9.17) is 0 Å². The molecule has 0 radical (unpaired) electrons. The number of hydrogen-bond donors (Lipinski definition) is 1. The number of nitrogens with zero attached hydrogens (tertiary/aromatic N) is 1. The van der Waals surface area contributed by atoms with E-state index in [2.05, 4.69) is 10.3 Å². The van der Waals surface area contributed by atoms with Gasteiger partial charge in [-0.2, -0.15) is 0 Å². The van der Waals surface area contributed by atoms with Gasteiger partial charge in [0.05, 0.1) is 16.1 Å². The van der Waals surface area contributed by atoms with Gasteiger partial charge in [-0.15, -0.1) is 11.3 Å². The quantitative estimate of drug-likeness (QED) is 0.763. The molecule has 0 aliphatic rings. The van der Waals surface area contributed by atoms with Gasteiger partial charge in [-0.3, -0.25) is 9.78 Å². The molecule has 0 aliphatic heterocycles. The number of carbonyl (C=O) groups excluding carboxylic acids is 1. The highest BCUT2D eigenvalue weighted by Gasteiger charge is 2.15. The molecule has 0 atom stereocenters. The van der Waals surface area contributed by atoms with Crippen LogP contribution >= 0.6 is 11.3 Å². The van der Waals surface area contributed by atoms with Gasteiger partial charge in [-0.05, 0) is 49.7 Å². The third-order valence-electron chi connectivity index (χ3n) is 3.42. The predicted octanol–water partition coefficient (Wildman–Crippen LogP) is 4.68. The SMILES string of the molecule is Cc1ccc(-c2ncccc2C(=O)Nc2ccccc2C)s1. The van der Waals surface area contributed by atoms with Gasteiger partial charge < -0.3 is 5.32 Å². The number of aryl methyl sites for hydroxylation is 2. The summed E-state index contributed by atoms with van der Waals surface area (Å²) in [5.74, 6) is -0.136. The van der Waals surface area contributed by atoms with E-state index in [9.17, 15) is 4.79 Å². The number of carbonyl (C=O) groups is 1. The molecule has 0 saturated carbocycles. The largest absolute Gasteiger partial charge is 0.322 e. The second-order valence-corrected chi connectivity index (χ2v) is 6.37. The molecule has 2 aromatic heterocycles. The highest BCUT2D eigenvalue weighted by molar-refractivity contribution is 7.15.